The van der Waals surface area contributed by atoms with Crippen molar-refractivity contribution in [2.75, 3.05) is 18.5 Å². The van der Waals surface area contributed by atoms with Crippen LogP contribution in [0.4, 0.5) is 20.2 Å². The number of hydrogen-bond acceptors (Lipinski definition) is 4. The normalized spacial score (nSPS) is 12.2. The monoisotopic (exact) mass is 274 g/mol. The van der Waals surface area contributed by atoms with Gasteiger partial charge >= 0.3 is 0 Å². The van der Waals surface area contributed by atoms with Gasteiger partial charge in [-0.3, -0.25) is 10.1 Å². The number of aliphatic hydroxyl groups is 1. The van der Waals surface area contributed by atoms with E-state index < -0.39 is 22.2 Å². The second-order valence-electron chi connectivity index (χ2n) is 4.21. The fraction of sp³-hybridized carbons (Fsp3) is 0.500. The van der Waals surface area contributed by atoms with E-state index in [0.29, 0.717) is 25.1 Å². The predicted octanol–water partition coefficient (Wildman–Crippen LogP) is 2.69. The first-order chi connectivity index (χ1) is 8.99. The molecule has 1 aromatic carbocycles. The molecule has 19 heavy (non-hydrogen) atoms. The lowest BCUT2D eigenvalue weighted by molar-refractivity contribution is -0.385. The lowest BCUT2D eigenvalue weighted by Crippen LogP contribution is -2.16. The summed E-state index contributed by atoms with van der Waals surface area (Å²) < 4.78 is 27.1. The lowest BCUT2D eigenvalue weighted by atomic mass is 10.0. The molecule has 0 heterocycles. The Morgan fingerprint density at radius 2 is 2.00 bits per heavy atom. The zero-order valence-electron chi connectivity index (χ0n) is 10.5. The summed E-state index contributed by atoms with van der Waals surface area (Å²) in [6.07, 6.45) is 1.28. The minimum absolute atomic E-state index is 0.00537. The van der Waals surface area contributed by atoms with E-state index in [1.165, 1.54) is 0 Å². The number of halogens is 2. The third-order valence-corrected chi connectivity index (χ3v) is 2.92. The van der Waals surface area contributed by atoms with Gasteiger partial charge in [-0.1, -0.05) is 13.3 Å². The van der Waals surface area contributed by atoms with E-state index in [1.807, 2.05) is 6.92 Å². The van der Waals surface area contributed by atoms with Gasteiger partial charge in [0.1, 0.15) is 5.69 Å². The molecule has 0 bridgehead atoms. The van der Waals surface area contributed by atoms with Crippen LogP contribution in [-0.2, 0) is 0 Å². The van der Waals surface area contributed by atoms with Crippen molar-refractivity contribution >= 4 is 11.4 Å². The Morgan fingerprint density at radius 3 is 2.42 bits per heavy atom. The highest BCUT2D eigenvalue weighted by molar-refractivity contribution is 5.51. The van der Waals surface area contributed by atoms with Crippen molar-refractivity contribution in [1.82, 2.24) is 0 Å². The number of nitrogens with one attached hydrogen (secondary N) is 1. The molecule has 1 unspecified atom stereocenters. The van der Waals surface area contributed by atoms with Crippen LogP contribution < -0.4 is 5.32 Å². The third-order valence-electron chi connectivity index (χ3n) is 2.92. The molecule has 0 aliphatic carbocycles. The van der Waals surface area contributed by atoms with Crippen molar-refractivity contribution in [3.05, 3.63) is 33.9 Å². The zero-order valence-corrected chi connectivity index (χ0v) is 10.5. The highest BCUT2D eigenvalue weighted by atomic mass is 19.1. The summed E-state index contributed by atoms with van der Waals surface area (Å²) in [4.78, 5) is 9.59. The van der Waals surface area contributed by atoms with E-state index in [4.69, 9.17) is 5.11 Å². The number of nitro groups is 1. The highest BCUT2D eigenvalue weighted by Crippen LogP contribution is 2.25. The van der Waals surface area contributed by atoms with Gasteiger partial charge < -0.3 is 10.4 Å². The molecule has 1 aromatic rings. The van der Waals surface area contributed by atoms with Gasteiger partial charge in [-0.05, 0) is 12.3 Å². The van der Waals surface area contributed by atoms with E-state index in [9.17, 15) is 18.9 Å². The Morgan fingerprint density at radius 1 is 1.42 bits per heavy atom. The van der Waals surface area contributed by atoms with E-state index in [0.717, 1.165) is 6.42 Å². The Balaban J connectivity index is 2.81. The van der Waals surface area contributed by atoms with Gasteiger partial charge in [0.2, 0.25) is 0 Å². The van der Waals surface area contributed by atoms with Gasteiger partial charge in [0.25, 0.3) is 5.69 Å². The van der Waals surface area contributed by atoms with Gasteiger partial charge in [-0.25, -0.2) is 8.78 Å². The summed E-state index contributed by atoms with van der Waals surface area (Å²) in [6, 6.07) is 1.36. The predicted molar refractivity (Wildman–Crippen MR) is 67.0 cm³/mol. The van der Waals surface area contributed by atoms with Crippen LogP contribution in [0.2, 0.25) is 0 Å². The Bertz CT molecular complexity index is 432. The van der Waals surface area contributed by atoms with E-state index in [1.54, 1.807) is 0 Å². The fourth-order valence-corrected chi connectivity index (χ4v) is 1.71. The molecule has 0 aliphatic heterocycles. The maximum absolute atomic E-state index is 13.6. The van der Waals surface area contributed by atoms with E-state index in [2.05, 4.69) is 5.32 Å². The van der Waals surface area contributed by atoms with E-state index >= 15 is 0 Å². The maximum Gasteiger partial charge on any atom is 0.275 e. The summed E-state index contributed by atoms with van der Waals surface area (Å²) in [7, 11) is 0. The lowest BCUT2D eigenvalue weighted by Gasteiger charge is -2.16. The number of non-ortho nitro benzene ring substituents is 1. The van der Waals surface area contributed by atoms with Crippen LogP contribution in [0, 0.1) is 27.7 Å². The van der Waals surface area contributed by atoms with Gasteiger partial charge in [-0.2, -0.15) is 0 Å². The largest absolute Gasteiger partial charge is 0.396 e. The van der Waals surface area contributed by atoms with E-state index in [-0.39, 0.29) is 18.2 Å². The average Bonchev–Trinajstić information content (AvgIpc) is 2.36. The Hall–Kier alpha value is -1.76. The minimum Gasteiger partial charge on any atom is -0.396 e. The number of anilines is 1. The summed E-state index contributed by atoms with van der Waals surface area (Å²) >= 11 is 0. The highest BCUT2D eigenvalue weighted by Gasteiger charge is 2.17. The van der Waals surface area contributed by atoms with Crippen LogP contribution in [0.1, 0.15) is 19.8 Å². The van der Waals surface area contributed by atoms with Crippen molar-refractivity contribution < 1.29 is 18.8 Å². The van der Waals surface area contributed by atoms with Crippen molar-refractivity contribution in [1.29, 1.82) is 0 Å². The zero-order chi connectivity index (χ0) is 14.4. The van der Waals surface area contributed by atoms with Crippen molar-refractivity contribution in [2.24, 2.45) is 5.92 Å². The molecule has 0 saturated carbocycles. The molecular formula is C12H16F2N2O3. The van der Waals surface area contributed by atoms with Crippen LogP contribution >= 0.6 is 0 Å². The SMILES string of the molecule is CCC(CCO)CNc1c(F)cc([N+](=O)[O-])cc1F. The second-order valence-corrected chi connectivity index (χ2v) is 4.21. The molecule has 2 N–H and O–H groups in total. The van der Waals surface area contributed by atoms with Crippen LogP contribution in [0.5, 0.6) is 0 Å². The molecule has 0 radical (unpaired) electrons. The molecule has 1 atom stereocenters. The summed E-state index contributed by atoms with van der Waals surface area (Å²) in [5.74, 6) is -1.91. The third kappa shape index (κ3) is 4.13. The van der Waals surface area contributed by atoms with Crippen molar-refractivity contribution in [2.45, 2.75) is 19.8 Å². The molecule has 0 aliphatic rings. The number of aliphatic hydroxyl groups excluding tert-OH is 1. The summed E-state index contributed by atoms with van der Waals surface area (Å²) in [5.41, 5.74) is -0.995. The summed E-state index contributed by atoms with van der Waals surface area (Å²) in [5, 5.41) is 21.9. The number of benzene rings is 1. The Kier molecular flexibility index (Phi) is 5.62. The van der Waals surface area contributed by atoms with Crippen molar-refractivity contribution in [3.8, 4) is 0 Å². The smallest absolute Gasteiger partial charge is 0.275 e. The minimum atomic E-state index is -0.995. The molecule has 7 heteroatoms. The first-order valence-corrected chi connectivity index (χ1v) is 5.97. The number of nitrogens with zero attached hydrogens (tertiary/aromatic N) is 1. The van der Waals surface area contributed by atoms with Gasteiger partial charge in [0, 0.05) is 13.2 Å². The van der Waals surface area contributed by atoms with Gasteiger partial charge in [0.05, 0.1) is 17.1 Å². The topological polar surface area (TPSA) is 75.4 Å². The number of nitro benzene ring substituents is 1. The number of hydrogen-bond donors (Lipinski definition) is 2. The quantitative estimate of drug-likeness (QED) is 0.592. The second kappa shape index (κ2) is 6.98. The summed E-state index contributed by atoms with van der Waals surface area (Å²) in [6.45, 7) is 2.21. The maximum atomic E-state index is 13.6. The first-order valence-electron chi connectivity index (χ1n) is 5.97. The fourth-order valence-electron chi connectivity index (χ4n) is 1.71. The molecule has 0 spiro atoms. The van der Waals surface area contributed by atoms with Crippen LogP contribution in [0.3, 0.4) is 0 Å². The van der Waals surface area contributed by atoms with Crippen LogP contribution in [0.15, 0.2) is 12.1 Å². The molecule has 106 valence electrons. The van der Waals surface area contributed by atoms with Crippen LogP contribution in [0.25, 0.3) is 0 Å². The molecule has 0 saturated heterocycles. The molecule has 0 fully saturated rings. The average molecular weight is 274 g/mol. The Labute approximate surface area is 109 Å². The van der Waals surface area contributed by atoms with Crippen molar-refractivity contribution in [3.63, 3.8) is 0 Å². The number of rotatable bonds is 7. The molecular weight excluding hydrogens is 258 g/mol. The molecule has 1 rings (SSSR count). The molecule has 0 amide bonds. The van der Waals surface area contributed by atoms with Gasteiger partial charge in [-0.15, -0.1) is 0 Å². The van der Waals surface area contributed by atoms with Gasteiger partial charge in [0.15, 0.2) is 11.6 Å². The standard InChI is InChI=1S/C12H16F2N2O3/c1-2-8(3-4-17)7-15-12-10(13)5-9(16(18)19)6-11(12)14/h5-6,8,15,17H,2-4,7H2,1H3. The van der Waals surface area contributed by atoms with Crippen LogP contribution in [-0.4, -0.2) is 23.2 Å². The molecule has 5 nitrogen and oxygen atoms in total. The first kappa shape index (κ1) is 15.3. The molecule has 0 aromatic heterocycles.